The third kappa shape index (κ3) is 2.29. The second kappa shape index (κ2) is 5.66. The van der Waals surface area contributed by atoms with Crippen molar-refractivity contribution in [1.82, 2.24) is 9.88 Å². The van der Waals surface area contributed by atoms with Crippen molar-refractivity contribution in [3.8, 4) is 0 Å². The first-order valence-corrected chi connectivity index (χ1v) is 8.37. The maximum atomic E-state index is 12.8. The van der Waals surface area contributed by atoms with E-state index >= 15 is 0 Å². The zero-order valence-electron chi connectivity index (χ0n) is 11.2. The molecule has 5 heteroatoms. The van der Waals surface area contributed by atoms with Gasteiger partial charge in [-0.1, -0.05) is 6.92 Å². The molecule has 1 atom stereocenters. The standard InChI is InChI=1S/C15H15BrN2OS/c1-2-12-10-6-9-20-13(10)5-8-18(12)15(19)14-11(16)4-3-7-17-14/h3-4,6-7,9,12H,2,5,8H2,1H3. The van der Waals surface area contributed by atoms with Gasteiger partial charge in [-0.15, -0.1) is 11.3 Å². The van der Waals surface area contributed by atoms with Crippen molar-refractivity contribution < 1.29 is 4.79 Å². The fourth-order valence-electron chi connectivity index (χ4n) is 2.76. The molecule has 0 spiro atoms. The maximum Gasteiger partial charge on any atom is 0.274 e. The van der Waals surface area contributed by atoms with Gasteiger partial charge < -0.3 is 4.90 Å². The van der Waals surface area contributed by atoms with E-state index in [0.29, 0.717) is 5.69 Å². The molecule has 3 nitrogen and oxygen atoms in total. The number of fused-ring (bicyclic) bond motifs is 1. The number of rotatable bonds is 2. The van der Waals surface area contributed by atoms with Crippen LogP contribution < -0.4 is 0 Å². The third-order valence-corrected chi connectivity index (χ3v) is 5.34. The highest BCUT2D eigenvalue weighted by Crippen LogP contribution is 2.36. The molecule has 2 aromatic heterocycles. The average Bonchev–Trinajstić information content (AvgIpc) is 2.94. The highest BCUT2D eigenvalue weighted by atomic mass is 79.9. The molecular weight excluding hydrogens is 336 g/mol. The zero-order valence-corrected chi connectivity index (χ0v) is 13.6. The molecule has 3 heterocycles. The second-order valence-electron chi connectivity index (χ2n) is 4.81. The third-order valence-electron chi connectivity index (χ3n) is 3.70. The minimum absolute atomic E-state index is 0.0150. The van der Waals surface area contributed by atoms with Crippen molar-refractivity contribution in [1.29, 1.82) is 0 Å². The summed E-state index contributed by atoms with van der Waals surface area (Å²) in [5, 5.41) is 2.12. The molecule has 104 valence electrons. The van der Waals surface area contributed by atoms with Crippen LogP contribution in [-0.2, 0) is 6.42 Å². The first-order chi connectivity index (χ1) is 9.72. The smallest absolute Gasteiger partial charge is 0.274 e. The second-order valence-corrected chi connectivity index (χ2v) is 6.66. The molecule has 0 radical (unpaired) electrons. The summed E-state index contributed by atoms with van der Waals surface area (Å²) in [5.74, 6) is 0.0150. The van der Waals surface area contributed by atoms with E-state index in [2.05, 4.69) is 39.3 Å². The van der Waals surface area contributed by atoms with Crippen LogP contribution in [0.4, 0.5) is 0 Å². The number of pyridine rings is 1. The lowest BCUT2D eigenvalue weighted by atomic mass is 9.97. The van der Waals surface area contributed by atoms with E-state index in [4.69, 9.17) is 0 Å². The number of hydrogen-bond acceptors (Lipinski definition) is 3. The fraction of sp³-hybridized carbons (Fsp3) is 0.333. The Morgan fingerprint density at radius 3 is 3.15 bits per heavy atom. The van der Waals surface area contributed by atoms with Crippen molar-refractivity contribution in [2.45, 2.75) is 25.8 Å². The Morgan fingerprint density at radius 2 is 2.40 bits per heavy atom. The molecule has 0 saturated heterocycles. The molecule has 1 aliphatic rings. The van der Waals surface area contributed by atoms with E-state index in [0.717, 1.165) is 23.9 Å². The van der Waals surface area contributed by atoms with Crippen LogP contribution in [0.1, 0.15) is 40.3 Å². The van der Waals surface area contributed by atoms with E-state index in [1.54, 1.807) is 17.5 Å². The molecule has 0 aliphatic carbocycles. The van der Waals surface area contributed by atoms with Crippen molar-refractivity contribution in [2.24, 2.45) is 0 Å². The SMILES string of the molecule is CCC1c2ccsc2CCN1C(=O)c1ncccc1Br. The predicted molar refractivity (Wildman–Crippen MR) is 84.0 cm³/mol. The lowest BCUT2D eigenvalue weighted by Gasteiger charge is -2.35. The van der Waals surface area contributed by atoms with Crippen LogP contribution in [0.25, 0.3) is 0 Å². The molecule has 20 heavy (non-hydrogen) atoms. The van der Waals surface area contributed by atoms with E-state index in [9.17, 15) is 4.79 Å². The van der Waals surface area contributed by atoms with Crippen LogP contribution in [-0.4, -0.2) is 22.3 Å². The number of halogens is 1. The molecule has 1 aliphatic heterocycles. The molecule has 0 fully saturated rings. The normalized spacial score (nSPS) is 17.9. The molecule has 0 bridgehead atoms. The topological polar surface area (TPSA) is 33.2 Å². The van der Waals surface area contributed by atoms with Gasteiger partial charge in [0.2, 0.25) is 0 Å². The average molecular weight is 351 g/mol. The number of amides is 1. The van der Waals surface area contributed by atoms with Gasteiger partial charge >= 0.3 is 0 Å². The number of nitrogens with zero attached hydrogens (tertiary/aromatic N) is 2. The van der Waals surface area contributed by atoms with Crippen molar-refractivity contribution in [3.63, 3.8) is 0 Å². The Labute approximate surface area is 130 Å². The molecular formula is C15H15BrN2OS. The summed E-state index contributed by atoms with van der Waals surface area (Å²) in [6.07, 6.45) is 3.54. The van der Waals surface area contributed by atoms with Gasteiger partial charge in [0, 0.05) is 22.1 Å². The van der Waals surface area contributed by atoms with Crippen LogP contribution in [0.2, 0.25) is 0 Å². The summed E-state index contributed by atoms with van der Waals surface area (Å²) >= 11 is 5.22. The van der Waals surface area contributed by atoms with Crippen LogP contribution in [0.3, 0.4) is 0 Å². The van der Waals surface area contributed by atoms with E-state index in [-0.39, 0.29) is 11.9 Å². The van der Waals surface area contributed by atoms with E-state index in [1.165, 1.54) is 10.4 Å². The monoisotopic (exact) mass is 350 g/mol. The van der Waals surface area contributed by atoms with Crippen LogP contribution in [0.15, 0.2) is 34.2 Å². The minimum atomic E-state index is 0.0150. The Balaban J connectivity index is 1.95. The van der Waals surface area contributed by atoms with Gasteiger partial charge in [-0.2, -0.15) is 0 Å². The maximum absolute atomic E-state index is 12.8. The molecule has 0 N–H and O–H groups in total. The summed E-state index contributed by atoms with van der Waals surface area (Å²) in [6.45, 7) is 2.90. The first-order valence-electron chi connectivity index (χ1n) is 6.70. The van der Waals surface area contributed by atoms with Gasteiger partial charge in [0.25, 0.3) is 5.91 Å². The summed E-state index contributed by atoms with van der Waals surface area (Å²) in [7, 11) is 0. The van der Waals surface area contributed by atoms with Crippen molar-refractivity contribution in [3.05, 3.63) is 50.4 Å². The number of carbonyl (C=O) groups is 1. The summed E-state index contributed by atoms with van der Waals surface area (Å²) in [5.41, 5.74) is 1.81. The van der Waals surface area contributed by atoms with Crippen LogP contribution >= 0.6 is 27.3 Å². The van der Waals surface area contributed by atoms with Gasteiger partial charge in [-0.05, 0) is 57.9 Å². The highest BCUT2D eigenvalue weighted by molar-refractivity contribution is 9.10. The zero-order chi connectivity index (χ0) is 14.1. The van der Waals surface area contributed by atoms with Crippen molar-refractivity contribution in [2.75, 3.05) is 6.54 Å². The van der Waals surface area contributed by atoms with Crippen LogP contribution in [0.5, 0.6) is 0 Å². The molecule has 2 aromatic rings. The quantitative estimate of drug-likeness (QED) is 0.818. The first kappa shape index (κ1) is 13.8. The summed E-state index contributed by atoms with van der Waals surface area (Å²) in [4.78, 5) is 20.4. The van der Waals surface area contributed by atoms with Crippen molar-refractivity contribution >= 4 is 33.2 Å². The molecule has 1 amide bonds. The highest BCUT2D eigenvalue weighted by Gasteiger charge is 2.32. The molecule has 0 aromatic carbocycles. The lowest BCUT2D eigenvalue weighted by molar-refractivity contribution is 0.0650. The van der Waals surface area contributed by atoms with E-state index < -0.39 is 0 Å². The predicted octanol–water partition coefficient (Wildman–Crippen LogP) is 4.06. The largest absolute Gasteiger partial charge is 0.330 e. The minimum Gasteiger partial charge on any atom is -0.330 e. The Hall–Kier alpha value is -1.20. The summed E-state index contributed by atoms with van der Waals surface area (Å²) < 4.78 is 0.760. The number of hydrogen-bond donors (Lipinski definition) is 0. The Morgan fingerprint density at radius 1 is 1.55 bits per heavy atom. The number of carbonyl (C=O) groups excluding carboxylic acids is 1. The number of thiophene rings is 1. The van der Waals surface area contributed by atoms with E-state index in [1.807, 2.05) is 17.0 Å². The molecule has 1 unspecified atom stereocenters. The Bertz CT molecular complexity index is 640. The van der Waals surface area contributed by atoms with Gasteiger partial charge in [0.05, 0.1) is 6.04 Å². The Kier molecular flexibility index (Phi) is 3.89. The number of aromatic nitrogens is 1. The van der Waals surface area contributed by atoms with Gasteiger partial charge in [0.15, 0.2) is 0 Å². The molecule has 3 rings (SSSR count). The lowest BCUT2D eigenvalue weighted by Crippen LogP contribution is -2.39. The van der Waals surface area contributed by atoms with Gasteiger partial charge in [-0.25, -0.2) is 4.98 Å². The van der Waals surface area contributed by atoms with Gasteiger partial charge in [-0.3, -0.25) is 4.79 Å². The fourth-order valence-corrected chi connectivity index (χ4v) is 4.11. The van der Waals surface area contributed by atoms with Gasteiger partial charge in [0.1, 0.15) is 5.69 Å². The van der Waals surface area contributed by atoms with Crippen LogP contribution in [0, 0.1) is 0 Å². The summed E-state index contributed by atoms with van der Waals surface area (Å²) in [6, 6.07) is 6.01. The molecule has 0 saturated carbocycles.